The summed E-state index contributed by atoms with van der Waals surface area (Å²) >= 11 is 1.66. The minimum absolute atomic E-state index is 0. The highest BCUT2D eigenvalue weighted by molar-refractivity contribution is 14.0. The minimum atomic E-state index is 0. The summed E-state index contributed by atoms with van der Waals surface area (Å²) in [7, 11) is 5.85. The average molecular weight is 495 g/mol. The lowest BCUT2D eigenvalue weighted by molar-refractivity contribution is 0.105. The highest BCUT2D eigenvalue weighted by Crippen LogP contribution is 2.40. The zero-order chi connectivity index (χ0) is 18.1. The van der Waals surface area contributed by atoms with E-state index in [9.17, 15) is 0 Å². The topological polar surface area (TPSA) is 61.8 Å². The lowest BCUT2D eigenvalue weighted by Gasteiger charge is -2.30. The molecule has 1 heterocycles. The van der Waals surface area contributed by atoms with Crippen molar-refractivity contribution in [3.63, 3.8) is 0 Å². The Morgan fingerprint density at radius 3 is 2.65 bits per heavy atom. The first-order valence-electron chi connectivity index (χ1n) is 9.22. The molecule has 1 fully saturated rings. The van der Waals surface area contributed by atoms with E-state index in [1.165, 1.54) is 25.7 Å². The number of ether oxygens (including phenoxy) is 1. The Kier molecular flexibility index (Phi) is 10.8. The number of hydrogen-bond acceptors (Lipinski definition) is 5. The van der Waals surface area contributed by atoms with Crippen molar-refractivity contribution in [1.29, 1.82) is 0 Å². The molecule has 1 aromatic rings. The molecule has 8 heteroatoms. The van der Waals surface area contributed by atoms with Gasteiger partial charge in [-0.3, -0.25) is 4.99 Å². The van der Waals surface area contributed by atoms with E-state index in [2.05, 4.69) is 32.9 Å². The predicted octanol–water partition coefficient (Wildman–Crippen LogP) is 3.48. The van der Waals surface area contributed by atoms with E-state index in [-0.39, 0.29) is 24.0 Å². The van der Waals surface area contributed by atoms with Crippen LogP contribution in [-0.4, -0.2) is 51.8 Å². The molecular formula is C18H34IN5OS. The molecule has 0 saturated heterocycles. The van der Waals surface area contributed by atoms with Crippen LogP contribution >= 0.6 is 35.3 Å². The second-order valence-electron chi connectivity index (χ2n) is 6.95. The van der Waals surface area contributed by atoms with Crippen molar-refractivity contribution in [2.45, 2.75) is 45.6 Å². The van der Waals surface area contributed by atoms with Crippen molar-refractivity contribution in [1.82, 2.24) is 15.6 Å². The summed E-state index contributed by atoms with van der Waals surface area (Å²) in [6.07, 6.45) is 6.34. The van der Waals surface area contributed by atoms with E-state index in [0.717, 1.165) is 43.0 Å². The normalized spacial score (nSPS) is 16.2. The number of rotatable bonds is 9. The summed E-state index contributed by atoms with van der Waals surface area (Å²) in [5, 5.41) is 10.0. The van der Waals surface area contributed by atoms with Crippen LogP contribution in [0.25, 0.3) is 0 Å². The second-order valence-corrected chi connectivity index (χ2v) is 7.79. The number of halogens is 1. The number of guanidine groups is 1. The van der Waals surface area contributed by atoms with E-state index in [1.807, 2.05) is 26.0 Å². The third-order valence-electron chi connectivity index (χ3n) is 4.86. The van der Waals surface area contributed by atoms with Gasteiger partial charge in [-0.25, -0.2) is 4.98 Å². The summed E-state index contributed by atoms with van der Waals surface area (Å²) in [6, 6.07) is 0. The summed E-state index contributed by atoms with van der Waals surface area (Å²) in [5.41, 5.74) is 1.40. The first-order valence-corrected chi connectivity index (χ1v) is 10.1. The average Bonchev–Trinajstić information content (AvgIpc) is 3.25. The lowest BCUT2D eigenvalue weighted by Crippen LogP contribution is -2.43. The second kappa shape index (κ2) is 12.0. The Labute approximate surface area is 179 Å². The molecule has 0 radical (unpaired) electrons. The highest BCUT2D eigenvalue weighted by Gasteiger charge is 2.33. The smallest absolute Gasteiger partial charge is 0.191 e. The van der Waals surface area contributed by atoms with E-state index in [4.69, 9.17) is 4.74 Å². The standard InChI is InChI=1S/C18H33N5OS.HI/c1-5-24-11-10-18(8-6-7-9-18)14-21-16(19-2)20-12-15-13-25-17(22-15)23(3)4;/h13H,5-12,14H2,1-4H3,(H2,19,20,21);1H. The first kappa shape index (κ1) is 23.4. The van der Waals surface area contributed by atoms with Crippen molar-refractivity contribution in [2.24, 2.45) is 10.4 Å². The zero-order valence-electron chi connectivity index (χ0n) is 16.5. The molecule has 0 unspecified atom stereocenters. The van der Waals surface area contributed by atoms with Crippen LogP contribution in [0, 0.1) is 5.41 Å². The molecule has 0 bridgehead atoms. The van der Waals surface area contributed by atoms with Crippen LogP contribution < -0.4 is 15.5 Å². The summed E-state index contributed by atoms with van der Waals surface area (Å²) in [6.45, 7) is 5.37. The van der Waals surface area contributed by atoms with Gasteiger partial charge < -0.3 is 20.3 Å². The van der Waals surface area contributed by atoms with Crippen molar-refractivity contribution in [2.75, 3.05) is 45.8 Å². The van der Waals surface area contributed by atoms with E-state index in [1.54, 1.807) is 11.3 Å². The fraction of sp³-hybridized carbons (Fsp3) is 0.778. The summed E-state index contributed by atoms with van der Waals surface area (Å²) in [4.78, 5) is 11.0. The molecule has 0 aliphatic heterocycles. The molecule has 0 spiro atoms. The van der Waals surface area contributed by atoms with Gasteiger partial charge in [-0.1, -0.05) is 12.8 Å². The van der Waals surface area contributed by atoms with E-state index < -0.39 is 0 Å². The Hall–Kier alpha value is -0.610. The van der Waals surface area contributed by atoms with Crippen molar-refractivity contribution in [3.05, 3.63) is 11.1 Å². The van der Waals surface area contributed by atoms with Crippen LogP contribution in [0.3, 0.4) is 0 Å². The van der Waals surface area contributed by atoms with Gasteiger partial charge in [-0.15, -0.1) is 35.3 Å². The van der Waals surface area contributed by atoms with E-state index in [0.29, 0.717) is 12.0 Å². The van der Waals surface area contributed by atoms with Crippen molar-refractivity contribution < 1.29 is 4.74 Å². The van der Waals surface area contributed by atoms with Crippen LogP contribution in [0.5, 0.6) is 0 Å². The molecule has 0 atom stereocenters. The number of hydrogen-bond donors (Lipinski definition) is 2. The molecule has 6 nitrogen and oxygen atoms in total. The van der Waals surface area contributed by atoms with E-state index >= 15 is 0 Å². The van der Waals surface area contributed by atoms with Crippen molar-refractivity contribution in [3.8, 4) is 0 Å². The van der Waals surface area contributed by atoms with Gasteiger partial charge in [0.15, 0.2) is 11.1 Å². The Balaban J connectivity index is 0.00000338. The highest BCUT2D eigenvalue weighted by atomic mass is 127. The number of aliphatic imine (C=N–C) groups is 1. The number of nitrogens with zero attached hydrogens (tertiary/aromatic N) is 3. The molecule has 150 valence electrons. The number of nitrogens with one attached hydrogen (secondary N) is 2. The number of anilines is 1. The Morgan fingerprint density at radius 1 is 1.35 bits per heavy atom. The number of thiazole rings is 1. The maximum Gasteiger partial charge on any atom is 0.191 e. The van der Waals surface area contributed by atoms with Gasteiger partial charge in [0.05, 0.1) is 12.2 Å². The molecule has 2 rings (SSSR count). The molecular weight excluding hydrogens is 461 g/mol. The fourth-order valence-corrected chi connectivity index (χ4v) is 4.08. The van der Waals surface area contributed by atoms with Crippen LogP contribution in [0.1, 0.15) is 44.7 Å². The van der Waals surface area contributed by atoms with Gasteiger partial charge in [0.2, 0.25) is 0 Å². The van der Waals surface area contributed by atoms with Gasteiger partial charge in [0, 0.05) is 46.3 Å². The maximum atomic E-state index is 5.60. The fourth-order valence-electron chi connectivity index (χ4n) is 3.32. The van der Waals surface area contributed by atoms with Gasteiger partial charge in [0.25, 0.3) is 0 Å². The van der Waals surface area contributed by atoms with Gasteiger partial charge in [-0.2, -0.15) is 0 Å². The summed E-state index contributed by atoms with van der Waals surface area (Å²) < 4.78 is 5.60. The molecule has 1 aliphatic carbocycles. The van der Waals surface area contributed by atoms with Crippen LogP contribution in [0.2, 0.25) is 0 Å². The largest absolute Gasteiger partial charge is 0.382 e. The van der Waals surface area contributed by atoms with Crippen LogP contribution in [0.4, 0.5) is 5.13 Å². The molecule has 1 aliphatic rings. The van der Waals surface area contributed by atoms with Crippen molar-refractivity contribution >= 4 is 46.4 Å². The summed E-state index contributed by atoms with van der Waals surface area (Å²) in [5.74, 6) is 0.849. The van der Waals surface area contributed by atoms with Gasteiger partial charge in [-0.05, 0) is 31.6 Å². The molecule has 0 aromatic carbocycles. The maximum absolute atomic E-state index is 5.60. The molecule has 26 heavy (non-hydrogen) atoms. The van der Waals surface area contributed by atoms with Crippen LogP contribution in [-0.2, 0) is 11.3 Å². The Bertz CT molecular complexity index is 543. The third kappa shape index (κ3) is 7.19. The van der Waals surface area contributed by atoms with Gasteiger partial charge >= 0.3 is 0 Å². The SMILES string of the molecule is CCOCCC1(CNC(=NC)NCc2csc(N(C)C)n2)CCCC1.I. The third-order valence-corrected chi connectivity index (χ3v) is 5.92. The molecule has 1 aromatic heterocycles. The first-order chi connectivity index (χ1) is 12.1. The Morgan fingerprint density at radius 2 is 2.08 bits per heavy atom. The molecule has 2 N–H and O–H groups in total. The van der Waals surface area contributed by atoms with Crippen LogP contribution in [0.15, 0.2) is 10.4 Å². The monoisotopic (exact) mass is 495 g/mol. The molecule has 1 saturated carbocycles. The number of aromatic nitrogens is 1. The van der Waals surface area contributed by atoms with Gasteiger partial charge in [0.1, 0.15) is 0 Å². The zero-order valence-corrected chi connectivity index (χ0v) is 19.7. The lowest BCUT2D eigenvalue weighted by atomic mass is 9.83. The quantitative estimate of drug-likeness (QED) is 0.238. The predicted molar refractivity (Wildman–Crippen MR) is 122 cm³/mol. The minimum Gasteiger partial charge on any atom is -0.382 e. The molecule has 0 amide bonds.